The lowest BCUT2D eigenvalue weighted by molar-refractivity contribution is 0.0498. The molecule has 5 heteroatoms. The van der Waals surface area contributed by atoms with Crippen LogP contribution < -0.4 is 0 Å². The molecule has 0 aliphatic heterocycles. The molecule has 1 N–H and O–H groups in total. The van der Waals surface area contributed by atoms with E-state index in [4.69, 9.17) is 9.72 Å². The minimum atomic E-state index is -0.941. The highest BCUT2D eigenvalue weighted by molar-refractivity contribution is 5.96. The summed E-state index contributed by atoms with van der Waals surface area (Å²) in [5, 5.41) is 9.79. The Bertz CT molecular complexity index is 1290. The Morgan fingerprint density at radius 2 is 1.94 bits per heavy atom. The molecule has 0 amide bonds. The van der Waals surface area contributed by atoms with Crippen molar-refractivity contribution in [2.45, 2.75) is 45.3 Å². The van der Waals surface area contributed by atoms with Gasteiger partial charge in [0.25, 0.3) is 0 Å². The second-order valence-electron chi connectivity index (χ2n) is 8.57. The molecule has 5 rings (SSSR count). The quantitative estimate of drug-likeness (QED) is 0.384. The van der Waals surface area contributed by atoms with Gasteiger partial charge in [-0.1, -0.05) is 48.5 Å². The Hall–Kier alpha value is -3.44. The molecule has 5 nitrogen and oxygen atoms in total. The summed E-state index contributed by atoms with van der Waals surface area (Å²) in [6.07, 6.45) is 4.33. The molecule has 1 aliphatic rings. The highest BCUT2D eigenvalue weighted by Gasteiger charge is 2.27. The van der Waals surface area contributed by atoms with E-state index in [2.05, 4.69) is 29.7 Å². The van der Waals surface area contributed by atoms with Gasteiger partial charge in [-0.15, -0.1) is 0 Å². The number of carboxylic acid groups (broad SMARTS) is 1. The largest absolute Gasteiger partial charge is 0.478 e. The monoisotopic (exact) mass is 426 g/mol. The predicted octanol–water partition coefficient (Wildman–Crippen LogP) is 6.16. The van der Waals surface area contributed by atoms with Crippen molar-refractivity contribution in [2.75, 3.05) is 0 Å². The Labute approximate surface area is 187 Å². The molecular weight excluding hydrogens is 400 g/mol. The van der Waals surface area contributed by atoms with E-state index in [1.54, 1.807) is 6.07 Å². The van der Waals surface area contributed by atoms with Crippen molar-refractivity contribution in [3.8, 4) is 11.1 Å². The fourth-order valence-electron chi connectivity index (χ4n) is 4.13. The second kappa shape index (κ2) is 8.24. The molecule has 2 heterocycles. The Morgan fingerprint density at radius 3 is 2.66 bits per heavy atom. The zero-order chi connectivity index (χ0) is 22.2. The van der Waals surface area contributed by atoms with Crippen LogP contribution in [0.4, 0.5) is 0 Å². The Balaban J connectivity index is 1.39. The van der Waals surface area contributed by atoms with Crippen LogP contribution in [0, 0.1) is 6.92 Å². The Kier molecular flexibility index (Phi) is 5.27. The molecular formula is C27H26N2O3. The summed E-state index contributed by atoms with van der Waals surface area (Å²) < 4.78 is 8.32. The molecule has 0 bridgehead atoms. The van der Waals surface area contributed by atoms with E-state index in [-0.39, 0.29) is 11.7 Å². The number of aryl methyl sites for hydroxylation is 1. The SMILES string of the molecule is Cc1ccc(COC(C)c2ccc(-c3ccccc3)c(C(=O)O)c2)n2cc(C3CC3)nc12. The maximum Gasteiger partial charge on any atom is 0.336 e. The molecule has 4 aromatic rings. The van der Waals surface area contributed by atoms with E-state index in [1.807, 2.05) is 49.4 Å². The molecule has 1 atom stereocenters. The van der Waals surface area contributed by atoms with Crippen LogP contribution in [0.3, 0.4) is 0 Å². The van der Waals surface area contributed by atoms with Crippen molar-refractivity contribution in [3.05, 3.63) is 94.9 Å². The number of nitrogens with zero attached hydrogens (tertiary/aromatic N) is 2. The van der Waals surface area contributed by atoms with Crippen molar-refractivity contribution in [3.63, 3.8) is 0 Å². The molecule has 1 unspecified atom stereocenters. The van der Waals surface area contributed by atoms with E-state index in [9.17, 15) is 9.90 Å². The molecule has 1 saturated carbocycles. The van der Waals surface area contributed by atoms with Gasteiger partial charge in [-0.25, -0.2) is 9.78 Å². The predicted molar refractivity (Wildman–Crippen MR) is 124 cm³/mol. The first-order valence-electron chi connectivity index (χ1n) is 11.0. The van der Waals surface area contributed by atoms with Crippen molar-refractivity contribution in [1.82, 2.24) is 9.38 Å². The van der Waals surface area contributed by atoms with Crippen LogP contribution in [0.2, 0.25) is 0 Å². The number of benzene rings is 2. The number of hydrogen-bond acceptors (Lipinski definition) is 3. The van der Waals surface area contributed by atoms with Crippen molar-refractivity contribution >= 4 is 11.6 Å². The molecule has 1 aliphatic carbocycles. The number of fused-ring (bicyclic) bond motifs is 1. The van der Waals surface area contributed by atoms with Crippen LogP contribution in [-0.2, 0) is 11.3 Å². The van der Waals surface area contributed by atoms with Gasteiger partial charge in [0.2, 0.25) is 0 Å². The zero-order valence-corrected chi connectivity index (χ0v) is 18.3. The van der Waals surface area contributed by atoms with Crippen LogP contribution in [0.15, 0.2) is 66.9 Å². The number of carbonyl (C=O) groups is 1. The van der Waals surface area contributed by atoms with Crippen LogP contribution >= 0.6 is 0 Å². The maximum absolute atomic E-state index is 11.9. The number of aromatic carboxylic acids is 1. The number of rotatable bonds is 7. The van der Waals surface area contributed by atoms with Gasteiger partial charge < -0.3 is 14.2 Å². The minimum absolute atomic E-state index is 0.249. The number of aromatic nitrogens is 2. The van der Waals surface area contributed by atoms with Crippen LogP contribution in [0.25, 0.3) is 16.8 Å². The average molecular weight is 427 g/mol. The lowest BCUT2D eigenvalue weighted by Gasteiger charge is -2.17. The van der Waals surface area contributed by atoms with Crippen molar-refractivity contribution in [2.24, 2.45) is 0 Å². The van der Waals surface area contributed by atoms with Gasteiger partial charge in [0.1, 0.15) is 5.65 Å². The zero-order valence-electron chi connectivity index (χ0n) is 18.3. The Morgan fingerprint density at radius 1 is 1.16 bits per heavy atom. The number of hydrogen-bond donors (Lipinski definition) is 1. The number of carboxylic acids is 1. The van der Waals surface area contributed by atoms with E-state index >= 15 is 0 Å². The third kappa shape index (κ3) is 3.92. The standard InChI is InChI=1S/C27H26N2O3/c1-17-8-12-22(29-15-25(20-9-10-20)28-26(17)29)16-32-18(2)21-11-13-23(24(14-21)27(30)31)19-6-4-3-5-7-19/h3-8,11-15,18,20H,9-10,16H2,1-2H3,(H,30,31). The molecule has 0 radical (unpaired) electrons. The van der Waals surface area contributed by atoms with Crippen LogP contribution in [-0.4, -0.2) is 20.5 Å². The highest BCUT2D eigenvalue weighted by atomic mass is 16.5. The molecule has 1 fully saturated rings. The molecule has 2 aromatic heterocycles. The molecule has 32 heavy (non-hydrogen) atoms. The van der Waals surface area contributed by atoms with Crippen LogP contribution in [0.5, 0.6) is 0 Å². The smallest absolute Gasteiger partial charge is 0.336 e. The van der Waals surface area contributed by atoms with Crippen molar-refractivity contribution in [1.29, 1.82) is 0 Å². The summed E-state index contributed by atoms with van der Waals surface area (Å²) in [5.41, 5.74) is 7.06. The first-order chi connectivity index (χ1) is 15.5. The van der Waals surface area contributed by atoms with Gasteiger partial charge in [-0.05, 0) is 61.1 Å². The van der Waals surface area contributed by atoms with Crippen LogP contribution in [0.1, 0.15) is 64.7 Å². The molecule has 0 spiro atoms. The summed E-state index contributed by atoms with van der Waals surface area (Å²) in [6.45, 7) is 4.45. The third-order valence-electron chi connectivity index (χ3n) is 6.22. The van der Waals surface area contributed by atoms with Crippen molar-refractivity contribution < 1.29 is 14.6 Å². The summed E-state index contributed by atoms with van der Waals surface area (Å²) in [6, 6.07) is 19.3. The van der Waals surface area contributed by atoms with E-state index < -0.39 is 5.97 Å². The lowest BCUT2D eigenvalue weighted by Crippen LogP contribution is -2.07. The summed E-state index contributed by atoms with van der Waals surface area (Å²) in [4.78, 5) is 16.8. The van der Waals surface area contributed by atoms with Gasteiger partial charge in [0.15, 0.2) is 0 Å². The topological polar surface area (TPSA) is 63.8 Å². The van der Waals surface area contributed by atoms with E-state index in [0.717, 1.165) is 33.7 Å². The fraction of sp³-hybridized carbons (Fsp3) is 0.259. The molecule has 2 aromatic carbocycles. The summed E-state index contributed by atoms with van der Waals surface area (Å²) in [7, 11) is 0. The second-order valence-corrected chi connectivity index (χ2v) is 8.57. The fourth-order valence-corrected chi connectivity index (χ4v) is 4.13. The number of pyridine rings is 1. The molecule has 162 valence electrons. The summed E-state index contributed by atoms with van der Waals surface area (Å²) >= 11 is 0. The minimum Gasteiger partial charge on any atom is -0.478 e. The third-order valence-corrected chi connectivity index (χ3v) is 6.22. The van der Waals surface area contributed by atoms with Gasteiger partial charge in [0, 0.05) is 17.8 Å². The van der Waals surface area contributed by atoms with E-state index in [1.165, 1.54) is 12.8 Å². The van der Waals surface area contributed by atoms with Gasteiger partial charge in [0.05, 0.1) is 24.0 Å². The maximum atomic E-state index is 11.9. The average Bonchev–Trinajstić information content (AvgIpc) is 3.56. The van der Waals surface area contributed by atoms with Gasteiger partial charge in [-0.2, -0.15) is 0 Å². The van der Waals surface area contributed by atoms with Gasteiger partial charge >= 0.3 is 5.97 Å². The van der Waals surface area contributed by atoms with E-state index in [0.29, 0.717) is 18.1 Å². The first-order valence-corrected chi connectivity index (χ1v) is 11.0. The van der Waals surface area contributed by atoms with Gasteiger partial charge in [-0.3, -0.25) is 0 Å². The lowest BCUT2D eigenvalue weighted by atomic mass is 9.96. The summed E-state index contributed by atoms with van der Waals surface area (Å²) in [5.74, 6) is -0.344. The molecule has 0 saturated heterocycles. The highest BCUT2D eigenvalue weighted by Crippen LogP contribution is 2.39. The number of imidazole rings is 1. The normalized spacial score (nSPS) is 14.6. The first kappa shape index (κ1) is 20.5. The number of ether oxygens (including phenoxy) is 1.